The maximum atomic E-state index is 14.1. The van der Waals surface area contributed by atoms with Crippen LogP contribution in [-0.4, -0.2) is 44.0 Å². The van der Waals surface area contributed by atoms with Crippen molar-refractivity contribution in [2.24, 2.45) is 5.41 Å². The number of piperidine rings is 1. The minimum atomic E-state index is -0.451. The van der Waals surface area contributed by atoms with Crippen molar-refractivity contribution < 1.29 is 14.3 Å². The Morgan fingerprint density at radius 3 is 2.30 bits per heavy atom. The van der Waals surface area contributed by atoms with Crippen LogP contribution in [0.4, 0.5) is 0 Å². The quantitative estimate of drug-likeness (QED) is 0.652. The number of Topliss-reactive ketones (excluding diaryl/α,β-unsaturated/α-hetero) is 1. The van der Waals surface area contributed by atoms with E-state index < -0.39 is 5.41 Å². The number of benzene rings is 2. The van der Waals surface area contributed by atoms with Crippen LogP contribution in [0.1, 0.15) is 54.1 Å². The standard InChI is InChI=1S/C26H33NO3/c1-4-24(27-13-9-6-10-14-27)26(17-19-11-7-5-8-12-19)18-20-15-22(29-2)23(30-3)16-21(20)25(26)28/h5,7-8,11-12,15-16,24H,4,6,9-10,13-14,17-18H2,1-3H3. The Bertz CT molecular complexity index is 889. The highest BCUT2D eigenvalue weighted by Gasteiger charge is 2.52. The summed E-state index contributed by atoms with van der Waals surface area (Å²) in [4.78, 5) is 16.7. The number of hydrogen-bond donors (Lipinski definition) is 0. The lowest BCUT2D eigenvalue weighted by Gasteiger charge is -2.44. The van der Waals surface area contributed by atoms with E-state index in [1.54, 1.807) is 14.2 Å². The molecule has 1 saturated heterocycles. The Labute approximate surface area is 180 Å². The average Bonchev–Trinajstić information content (AvgIpc) is 3.05. The molecule has 4 heteroatoms. The summed E-state index contributed by atoms with van der Waals surface area (Å²) in [5.41, 5.74) is 2.67. The van der Waals surface area contributed by atoms with Crippen molar-refractivity contribution in [3.63, 3.8) is 0 Å². The fourth-order valence-electron chi connectivity index (χ4n) is 5.69. The second-order valence-electron chi connectivity index (χ2n) is 8.71. The van der Waals surface area contributed by atoms with Crippen LogP contribution in [0.15, 0.2) is 42.5 Å². The van der Waals surface area contributed by atoms with Crippen molar-refractivity contribution in [2.75, 3.05) is 27.3 Å². The van der Waals surface area contributed by atoms with Gasteiger partial charge in [0, 0.05) is 11.6 Å². The molecule has 2 aromatic rings. The molecule has 0 aromatic heterocycles. The molecule has 0 amide bonds. The topological polar surface area (TPSA) is 38.8 Å². The van der Waals surface area contributed by atoms with E-state index in [1.165, 1.54) is 24.8 Å². The smallest absolute Gasteiger partial charge is 0.171 e. The molecule has 1 fully saturated rings. The van der Waals surface area contributed by atoms with Crippen LogP contribution >= 0.6 is 0 Å². The molecule has 1 aliphatic carbocycles. The normalized spacial score (nSPS) is 22.6. The first-order chi connectivity index (χ1) is 14.6. The van der Waals surface area contributed by atoms with Gasteiger partial charge in [-0.1, -0.05) is 43.7 Å². The van der Waals surface area contributed by atoms with Crippen LogP contribution in [0, 0.1) is 5.41 Å². The number of fused-ring (bicyclic) bond motifs is 1. The lowest BCUT2D eigenvalue weighted by molar-refractivity contribution is 0.0392. The van der Waals surface area contributed by atoms with Gasteiger partial charge in [0.15, 0.2) is 17.3 Å². The largest absolute Gasteiger partial charge is 0.493 e. The van der Waals surface area contributed by atoms with Crippen LogP contribution in [0.2, 0.25) is 0 Å². The lowest BCUT2D eigenvalue weighted by atomic mass is 9.70. The lowest BCUT2D eigenvalue weighted by Crippen LogP contribution is -2.53. The Morgan fingerprint density at radius 1 is 1.00 bits per heavy atom. The number of carbonyl (C=O) groups excluding carboxylic acids is 1. The molecule has 0 saturated carbocycles. The Hall–Kier alpha value is -2.33. The van der Waals surface area contributed by atoms with Gasteiger partial charge in [-0.25, -0.2) is 0 Å². The first kappa shape index (κ1) is 20.9. The van der Waals surface area contributed by atoms with E-state index in [9.17, 15) is 4.79 Å². The molecule has 0 radical (unpaired) electrons. The molecule has 4 nitrogen and oxygen atoms in total. The number of likely N-dealkylation sites (tertiary alicyclic amines) is 1. The third kappa shape index (κ3) is 3.62. The number of hydrogen-bond acceptors (Lipinski definition) is 4. The molecule has 2 unspecified atom stereocenters. The number of ketones is 1. The SMILES string of the molecule is CCC(N1CCCCC1)C1(Cc2ccccc2)Cc2cc(OC)c(OC)cc2C1=O. The highest BCUT2D eigenvalue weighted by molar-refractivity contribution is 6.06. The minimum Gasteiger partial charge on any atom is -0.493 e. The predicted molar refractivity (Wildman–Crippen MR) is 120 cm³/mol. The van der Waals surface area contributed by atoms with Gasteiger partial charge in [-0.2, -0.15) is 0 Å². The Kier molecular flexibility index (Phi) is 6.14. The second kappa shape index (κ2) is 8.81. The molecule has 2 atom stereocenters. The van der Waals surface area contributed by atoms with Gasteiger partial charge in [0.1, 0.15) is 0 Å². The highest BCUT2D eigenvalue weighted by Crippen LogP contribution is 2.48. The van der Waals surface area contributed by atoms with E-state index in [0.29, 0.717) is 11.5 Å². The number of carbonyl (C=O) groups is 1. The maximum absolute atomic E-state index is 14.1. The average molecular weight is 408 g/mol. The summed E-state index contributed by atoms with van der Waals surface area (Å²) in [6.45, 7) is 4.42. The van der Waals surface area contributed by atoms with Crippen molar-refractivity contribution in [2.45, 2.75) is 51.5 Å². The molecule has 2 aromatic carbocycles. The van der Waals surface area contributed by atoms with Gasteiger partial charge in [0.05, 0.1) is 19.6 Å². The summed E-state index contributed by atoms with van der Waals surface area (Å²) in [5.74, 6) is 1.59. The maximum Gasteiger partial charge on any atom is 0.171 e. The van der Waals surface area contributed by atoms with Crippen molar-refractivity contribution in [3.05, 3.63) is 59.2 Å². The zero-order valence-electron chi connectivity index (χ0n) is 18.4. The van der Waals surface area contributed by atoms with Crippen LogP contribution in [0.3, 0.4) is 0 Å². The van der Waals surface area contributed by atoms with Gasteiger partial charge in [-0.05, 0) is 68.5 Å². The molecule has 4 rings (SSSR count). The fraction of sp³-hybridized carbons (Fsp3) is 0.500. The molecule has 2 aliphatic rings. The first-order valence-corrected chi connectivity index (χ1v) is 11.2. The van der Waals surface area contributed by atoms with Crippen molar-refractivity contribution in [1.82, 2.24) is 4.90 Å². The number of nitrogens with zero attached hydrogens (tertiary/aromatic N) is 1. The molecule has 160 valence electrons. The van der Waals surface area contributed by atoms with Crippen LogP contribution in [-0.2, 0) is 12.8 Å². The van der Waals surface area contributed by atoms with Gasteiger partial charge < -0.3 is 9.47 Å². The minimum absolute atomic E-state index is 0.231. The fourth-order valence-corrected chi connectivity index (χ4v) is 5.69. The molecule has 0 spiro atoms. The zero-order chi connectivity index (χ0) is 21.1. The van der Waals surface area contributed by atoms with Crippen LogP contribution in [0.5, 0.6) is 11.5 Å². The molecule has 1 heterocycles. The van der Waals surface area contributed by atoms with Crippen molar-refractivity contribution in [3.8, 4) is 11.5 Å². The summed E-state index contributed by atoms with van der Waals surface area (Å²) in [7, 11) is 3.28. The van der Waals surface area contributed by atoms with Crippen molar-refractivity contribution in [1.29, 1.82) is 0 Å². The Morgan fingerprint density at radius 2 is 1.67 bits per heavy atom. The molecule has 1 aliphatic heterocycles. The van der Waals surface area contributed by atoms with Crippen LogP contribution in [0.25, 0.3) is 0 Å². The Balaban J connectivity index is 1.80. The van der Waals surface area contributed by atoms with Crippen LogP contribution < -0.4 is 9.47 Å². The first-order valence-electron chi connectivity index (χ1n) is 11.2. The molecule has 0 N–H and O–H groups in total. The van der Waals surface area contributed by atoms with Gasteiger partial charge >= 0.3 is 0 Å². The van der Waals surface area contributed by atoms with Crippen molar-refractivity contribution >= 4 is 5.78 Å². The van der Waals surface area contributed by atoms with E-state index in [1.807, 2.05) is 18.2 Å². The van der Waals surface area contributed by atoms with Gasteiger partial charge in [-0.3, -0.25) is 9.69 Å². The molecule has 0 bridgehead atoms. The van der Waals surface area contributed by atoms with E-state index in [0.717, 1.165) is 43.5 Å². The van der Waals surface area contributed by atoms with E-state index in [-0.39, 0.29) is 11.8 Å². The third-order valence-corrected chi connectivity index (χ3v) is 7.03. The number of methoxy groups -OCH3 is 2. The summed E-state index contributed by atoms with van der Waals surface area (Å²) in [5, 5.41) is 0. The second-order valence-corrected chi connectivity index (χ2v) is 8.71. The summed E-state index contributed by atoms with van der Waals surface area (Å²) >= 11 is 0. The van der Waals surface area contributed by atoms with E-state index in [2.05, 4.69) is 36.1 Å². The third-order valence-electron chi connectivity index (χ3n) is 7.03. The van der Waals surface area contributed by atoms with E-state index >= 15 is 0 Å². The van der Waals surface area contributed by atoms with Gasteiger partial charge in [0.25, 0.3) is 0 Å². The highest BCUT2D eigenvalue weighted by atomic mass is 16.5. The zero-order valence-corrected chi connectivity index (χ0v) is 18.4. The van der Waals surface area contributed by atoms with E-state index in [4.69, 9.17) is 9.47 Å². The molecular formula is C26H33NO3. The number of rotatable bonds is 7. The monoisotopic (exact) mass is 407 g/mol. The summed E-state index contributed by atoms with van der Waals surface area (Å²) in [6, 6.07) is 14.6. The number of ether oxygens (including phenoxy) is 2. The molecular weight excluding hydrogens is 374 g/mol. The molecule has 30 heavy (non-hydrogen) atoms. The van der Waals surface area contributed by atoms with Gasteiger partial charge in [0.2, 0.25) is 0 Å². The predicted octanol–water partition coefficient (Wildman–Crippen LogP) is 4.94. The summed E-state index contributed by atoms with van der Waals surface area (Å²) < 4.78 is 11.1. The summed E-state index contributed by atoms with van der Waals surface area (Å²) in [6.07, 6.45) is 6.23. The van der Waals surface area contributed by atoms with Gasteiger partial charge in [-0.15, -0.1) is 0 Å².